The fourth-order valence-electron chi connectivity index (χ4n) is 4.43. The number of carbonyl (C=O) groups is 1. The van der Waals surface area contributed by atoms with Crippen LogP contribution in [0.3, 0.4) is 0 Å². The fourth-order valence-corrected chi connectivity index (χ4v) is 4.43. The highest BCUT2D eigenvalue weighted by Gasteiger charge is 2.35. The number of carbonyl (C=O) groups excluding carboxylic acids is 1. The third-order valence-electron chi connectivity index (χ3n) is 5.69. The molecule has 28 heavy (non-hydrogen) atoms. The van der Waals surface area contributed by atoms with E-state index in [4.69, 9.17) is 4.52 Å². The van der Waals surface area contributed by atoms with E-state index < -0.39 is 6.04 Å². The molecule has 1 unspecified atom stereocenters. The Kier molecular flexibility index (Phi) is 3.46. The maximum absolute atomic E-state index is 13.2. The number of aromatic nitrogens is 3. The molecule has 0 saturated carbocycles. The third kappa shape index (κ3) is 2.11. The van der Waals surface area contributed by atoms with Gasteiger partial charge in [-0.05, 0) is 36.6 Å². The summed E-state index contributed by atoms with van der Waals surface area (Å²) < 4.78 is 8.61. The lowest BCUT2D eigenvalue weighted by Gasteiger charge is -2.25. The smallest absolute Gasteiger partial charge is 0.329 e. The van der Waals surface area contributed by atoms with Crippen LogP contribution in [0, 0.1) is 13.8 Å². The van der Waals surface area contributed by atoms with Gasteiger partial charge in [-0.1, -0.05) is 41.6 Å². The maximum atomic E-state index is 13.2. The molecule has 2 aromatic carbocycles. The summed E-state index contributed by atoms with van der Waals surface area (Å²) in [5, 5.41) is 4.06. The van der Waals surface area contributed by atoms with Crippen LogP contribution in [-0.2, 0) is 18.3 Å². The maximum Gasteiger partial charge on any atom is 0.329 e. The molecule has 0 aliphatic carbocycles. The molecule has 3 heterocycles. The Bertz CT molecular complexity index is 1290. The number of nitrogens with zero attached hydrogens (tertiary/aromatic N) is 3. The Morgan fingerprint density at radius 1 is 1.07 bits per heavy atom. The van der Waals surface area contributed by atoms with Crippen molar-refractivity contribution in [1.29, 1.82) is 0 Å². The zero-order chi connectivity index (χ0) is 19.6. The molecule has 140 valence electrons. The minimum atomic E-state index is -0.607. The minimum absolute atomic E-state index is 0.00695. The van der Waals surface area contributed by atoms with Gasteiger partial charge in [-0.2, -0.15) is 0 Å². The second-order valence-electron chi connectivity index (χ2n) is 7.33. The Balaban J connectivity index is 1.89. The van der Waals surface area contributed by atoms with Gasteiger partial charge >= 0.3 is 5.69 Å². The van der Waals surface area contributed by atoms with Crippen molar-refractivity contribution >= 4 is 16.8 Å². The summed E-state index contributed by atoms with van der Waals surface area (Å²) in [5.41, 5.74) is 5.72. The first kappa shape index (κ1) is 16.7. The average Bonchev–Trinajstić information content (AvgIpc) is 3.15. The molecule has 1 aliphatic heterocycles. The van der Waals surface area contributed by atoms with Gasteiger partial charge in [0.15, 0.2) is 5.78 Å². The highest BCUT2D eigenvalue weighted by atomic mass is 16.5. The largest absolute Gasteiger partial charge is 0.361 e. The first-order valence-electron chi connectivity index (χ1n) is 9.22. The number of hydrogen-bond acceptors (Lipinski definition) is 4. The number of Topliss-reactive ketones (excluding diaryl/α,β-unsaturated/α-hetero) is 1. The van der Waals surface area contributed by atoms with E-state index in [1.54, 1.807) is 16.2 Å². The van der Waals surface area contributed by atoms with Gasteiger partial charge in [0, 0.05) is 19.0 Å². The van der Waals surface area contributed by atoms with E-state index in [9.17, 15) is 9.59 Å². The Labute approximate surface area is 161 Å². The lowest BCUT2D eigenvalue weighted by Crippen LogP contribution is -2.35. The van der Waals surface area contributed by atoms with Crippen molar-refractivity contribution in [3.8, 4) is 11.1 Å². The predicted molar refractivity (Wildman–Crippen MR) is 105 cm³/mol. The van der Waals surface area contributed by atoms with E-state index in [-0.39, 0.29) is 17.9 Å². The van der Waals surface area contributed by atoms with Crippen LogP contribution in [0.4, 0.5) is 0 Å². The molecule has 2 aromatic heterocycles. The van der Waals surface area contributed by atoms with Gasteiger partial charge in [-0.15, -0.1) is 0 Å². The van der Waals surface area contributed by atoms with Crippen molar-refractivity contribution in [3.05, 3.63) is 75.5 Å². The van der Waals surface area contributed by atoms with Crippen LogP contribution in [-0.4, -0.2) is 20.1 Å². The molecule has 0 saturated heterocycles. The molecule has 0 fully saturated rings. The second kappa shape index (κ2) is 5.79. The van der Waals surface area contributed by atoms with Gasteiger partial charge in [-0.3, -0.25) is 13.9 Å². The zero-order valence-electron chi connectivity index (χ0n) is 15.9. The van der Waals surface area contributed by atoms with Crippen LogP contribution >= 0.6 is 0 Å². The summed E-state index contributed by atoms with van der Waals surface area (Å²) in [6, 6.07) is 12.8. The number of hydrogen-bond donors (Lipinski definition) is 0. The van der Waals surface area contributed by atoms with E-state index in [0.29, 0.717) is 5.76 Å². The summed E-state index contributed by atoms with van der Waals surface area (Å²) in [6.07, 6.45) is 0.264. The molecular weight excluding hydrogens is 354 g/mol. The molecule has 0 N–H and O–H groups in total. The van der Waals surface area contributed by atoms with E-state index >= 15 is 0 Å². The summed E-state index contributed by atoms with van der Waals surface area (Å²) >= 11 is 0. The molecule has 6 heteroatoms. The molecule has 1 atom stereocenters. The highest BCUT2D eigenvalue weighted by Crippen LogP contribution is 2.39. The van der Waals surface area contributed by atoms with Crippen LogP contribution < -0.4 is 5.69 Å². The van der Waals surface area contributed by atoms with Gasteiger partial charge < -0.3 is 4.52 Å². The number of rotatable bonds is 2. The number of benzene rings is 2. The first-order valence-corrected chi connectivity index (χ1v) is 9.22. The second-order valence-corrected chi connectivity index (χ2v) is 7.33. The molecule has 0 spiro atoms. The molecule has 4 aromatic rings. The topological polar surface area (TPSA) is 70.0 Å². The summed E-state index contributed by atoms with van der Waals surface area (Å²) in [6.45, 7) is 3.75. The van der Waals surface area contributed by atoms with Crippen molar-refractivity contribution < 1.29 is 9.32 Å². The zero-order valence-corrected chi connectivity index (χ0v) is 15.9. The SMILES string of the molecule is Cc1noc(C)c1-c1ccc2c3c1CC(=O)C(c1ccccc1)n3c(=O)n2C. The van der Waals surface area contributed by atoms with Crippen molar-refractivity contribution in [2.45, 2.75) is 26.3 Å². The summed E-state index contributed by atoms with van der Waals surface area (Å²) in [4.78, 5) is 26.4. The van der Waals surface area contributed by atoms with Crippen LogP contribution in [0.2, 0.25) is 0 Å². The lowest BCUT2D eigenvalue weighted by molar-refractivity contribution is -0.120. The molecule has 6 nitrogen and oxygen atoms in total. The van der Waals surface area contributed by atoms with E-state index in [0.717, 1.165) is 39.0 Å². The highest BCUT2D eigenvalue weighted by molar-refractivity contribution is 6.00. The fraction of sp³-hybridized carbons (Fsp3) is 0.227. The number of ketones is 1. The van der Waals surface area contributed by atoms with Crippen molar-refractivity contribution in [2.75, 3.05) is 0 Å². The van der Waals surface area contributed by atoms with Crippen molar-refractivity contribution in [1.82, 2.24) is 14.3 Å². The van der Waals surface area contributed by atoms with Crippen LogP contribution in [0.25, 0.3) is 22.2 Å². The third-order valence-corrected chi connectivity index (χ3v) is 5.69. The van der Waals surface area contributed by atoms with E-state index in [1.807, 2.05) is 56.3 Å². The van der Waals surface area contributed by atoms with Gasteiger partial charge in [0.05, 0.1) is 16.7 Å². The molecule has 0 amide bonds. The van der Waals surface area contributed by atoms with Crippen LogP contribution in [0.5, 0.6) is 0 Å². The summed E-state index contributed by atoms with van der Waals surface area (Å²) in [7, 11) is 1.75. The van der Waals surface area contributed by atoms with Gasteiger partial charge in [-0.25, -0.2) is 4.79 Å². The van der Waals surface area contributed by atoms with Crippen LogP contribution in [0.1, 0.15) is 28.6 Å². The molecular formula is C22H19N3O3. The average molecular weight is 373 g/mol. The van der Waals surface area contributed by atoms with E-state index in [1.165, 1.54) is 0 Å². The lowest BCUT2D eigenvalue weighted by atomic mass is 9.88. The van der Waals surface area contributed by atoms with Gasteiger partial charge in [0.1, 0.15) is 11.8 Å². The number of aryl methyl sites for hydroxylation is 3. The summed E-state index contributed by atoms with van der Waals surface area (Å²) in [5.74, 6) is 0.711. The Morgan fingerprint density at radius 2 is 1.82 bits per heavy atom. The molecule has 1 aliphatic rings. The predicted octanol–water partition coefficient (Wildman–Crippen LogP) is 3.33. The van der Waals surface area contributed by atoms with Crippen molar-refractivity contribution in [3.63, 3.8) is 0 Å². The monoisotopic (exact) mass is 373 g/mol. The minimum Gasteiger partial charge on any atom is -0.361 e. The standard InChI is InChI=1S/C22H19N3O3/c1-12-19(13(2)28-23-12)15-9-10-17-21-16(15)11-18(26)20(14-7-5-4-6-8-14)25(21)22(27)24(17)3/h4-10,20H,11H2,1-3H3. The number of imidazole rings is 1. The van der Waals surface area contributed by atoms with Crippen LogP contribution in [0.15, 0.2) is 51.8 Å². The normalized spacial score (nSPS) is 16.1. The Hall–Kier alpha value is -3.41. The molecule has 0 radical (unpaired) electrons. The molecule has 0 bridgehead atoms. The van der Waals surface area contributed by atoms with Gasteiger partial charge in [0.2, 0.25) is 0 Å². The van der Waals surface area contributed by atoms with Gasteiger partial charge in [0.25, 0.3) is 0 Å². The first-order chi connectivity index (χ1) is 13.5. The molecule has 5 rings (SSSR count). The quantitative estimate of drug-likeness (QED) is 0.540. The van der Waals surface area contributed by atoms with E-state index in [2.05, 4.69) is 5.16 Å². The van der Waals surface area contributed by atoms with Crippen molar-refractivity contribution in [2.24, 2.45) is 7.05 Å². The Morgan fingerprint density at radius 3 is 2.50 bits per heavy atom.